The summed E-state index contributed by atoms with van der Waals surface area (Å²) in [5, 5.41) is 9.75. The highest BCUT2D eigenvalue weighted by Crippen LogP contribution is 2.36. The van der Waals surface area contributed by atoms with Crippen molar-refractivity contribution in [3.05, 3.63) is 98.4 Å². The highest BCUT2D eigenvalue weighted by Gasteiger charge is 2.32. The van der Waals surface area contributed by atoms with Crippen molar-refractivity contribution in [2.24, 2.45) is 4.99 Å². The van der Waals surface area contributed by atoms with Crippen LogP contribution in [0.2, 0.25) is 0 Å². The second-order valence-corrected chi connectivity index (χ2v) is 9.79. The Balaban J connectivity index is 1.62. The van der Waals surface area contributed by atoms with E-state index in [2.05, 4.69) is 20.9 Å². The molecule has 1 aliphatic rings. The number of carbonyl (C=O) groups is 2. The number of benzene rings is 3. The standard InChI is InChI=1S/C27H23BrN2O4S/c1-3-30-25(31)24(35-27(30)29-22-6-4-5-19(14-22)26(32)33)15-20-13-21(28)11-12-23(20)34-16-18-9-7-17(2)8-10-18/h4-15H,3,16H2,1-2H3,(H,32,33)/b24-15-,29-27?. The van der Waals surface area contributed by atoms with Crippen molar-refractivity contribution in [2.45, 2.75) is 20.5 Å². The van der Waals surface area contributed by atoms with Crippen molar-refractivity contribution in [3.63, 3.8) is 0 Å². The molecule has 4 rings (SSSR count). The Bertz CT molecular complexity index is 1340. The predicted octanol–water partition coefficient (Wildman–Crippen LogP) is 6.66. The number of amides is 1. The summed E-state index contributed by atoms with van der Waals surface area (Å²) in [4.78, 5) is 31.1. The molecule has 0 radical (unpaired) electrons. The van der Waals surface area contributed by atoms with E-state index in [9.17, 15) is 14.7 Å². The molecule has 178 valence electrons. The topological polar surface area (TPSA) is 79.2 Å². The summed E-state index contributed by atoms with van der Waals surface area (Å²) >= 11 is 4.76. The summed E-state index contributed by atoms with van der Waals surface area (Å²) in [7, 11) is 0. The highest BCUT2D eigenvalue weighted by molar-refractivity contribution is 9.10. The Morgan fingerprint density at radius 2 is 1.91 bits per heavy atom. The fourth-order valence-corrected chi connectivity index (χ4v) is 4.87. The van der Waals surface area contributed by atoms with E-state index in [-0.39, 0.29) is 11.5 Å². The molecule has 0 spiro atoms. The van der Waals surface area contributed by atoms with E-state index in [0.717, 1.165) is 15.6 Å². The smallest absolute Gasteiger partial charge is 0.335 e. The van der Waals surface area contributed by atoms with Gasteiger partial charge in [0.05, 0.1) is 16.2 Å². The molecule has 1 fully saturated rings. The molecule has 0 saturated carbocycles. The fraction of sp³-hybridized carbons (Fsp3) is 0.148. The van der Waals surface area contributed by atoms with Gasteiger partial charge in [-0.1, -0.05) is 51.8 Å². The van der Waals surface area contributed by atoms with Gasteiger partial charge < -0.3 is 9.84 Å². The number of aromatic carboxylic acids is 1. The number of aliphatic imine (C=N–C) groups is 1. The molecule has 6 nitrogen and oxygen atoms in total. The maximum atomic E-state index is 13.1. The van der Waals surface area contributed by atoms with Gasteiger partial charge in [-0.25, -0.2) is 9.79 Å². The maximum absolute atomic E-state index is 13.1. The zero-order valence-electron chi connectivity index (χ0n) is 19.2. The number of carboxylic acid groups (broad SMARTS) is 1. The van der Waals surface area contributed by atoms with Crippen molar-refractivity contribution < 1.29 is 19.4 Å². The maximum Gasteiger partial charge on any atom is 0.335 e. The number of halogens is 1. The van der Waals surface area contributed by atoms with Crippen LogP contribution in [0.25, 0.3) is 6.08 Å². The lowest BCUT2D eigenvalue weighted by Gasteiger charge is -2.12. The Kier molecular flexibility index (Phi) is 7.73. The van der Waals surface area contributed by atoms with Crippen LogP contribution in [0.4, 0.5) is 5.69 Å². The lowest BCUT2D eigenvalue weighted by Crippen LogP contribution is -2.28. The van der Waals surface area contributed by atoms with E-state index < -0.39 is 5.97 Å². The molecule has 1 N–H and O–H groups in total. The molecule has 3 aromatic rings. The molecule has 0 aromatic heterocycles. The first-order valence-corrected chi connectivity index (χ1v) is 12.6. The van der Waals surface area contributed by atoms with Gasteiger partial charge in [-0.3, -0.25) is 9.69 Å². The van der Waals surface area contributed by atoms with Crippen LogP contribution in [0.5, 0.6) is 5.75 Å². The third kappa shape index (κ3) is 6.01. The zero-order chi connectivity index (χ0) is 24.9. The van der Waals surface area contributed by atoms with Gasteiger partial charge in [0.25, 0.3) is 5.91 Å². The summed E-state index contributed by atoms with van der Waals surface area (Å²) in [5.41, 5.74) is 3.63. The molecule has 1 aliphatic heterocycles. The van der Waals surface area contributed by atoms with Crippen molar-refractivity contribution in [2.75, 3.05) is 6.54 Å². The first-order valence-electron chi connectivity index (χ1n) is 11.0. The molecular formula is C27H23BrN2O4S. The molecule has 35 heavy (non-hydrogen) atoms. The van der Waals surface area contributed by atoms with E-state index in [1.165, 1.54) is 29.5 Å². The minimum Gasteiger partial charge on any atom is -0.488 e. The van der Waals surface area contributed by atoms with Crippen molar-refractivity contribution in [1.82, 2.24) is 4.90 Å². The highest BCUT2D eigenvalue weighted by atomic mass is 79.9. The van der Waals surface area contributed by atoms with E-state index in [1.807, 2.05) is 56.3 Å². The SMILES string of the molecule is CCN1C(=O)/C(=C/c2cc(Br)ccc2OCc2ccc(C)cc2)SC1=Nc1cccc(C(=O)O)c1. The van der Waals surface area contributed by atoms with Crippen LogP contribution in [0.3, 0.4) is 0 Å². The van der Waals surface area contributed by atoms with Crippen LogP contribution in [0, 0.1) is 6.92 Å². The van der Waals surface area contributed by atoms with Gasteiger partial charge in [0.1, 0.15) is 12.4 Å². The van der Waals surface area contributed by atoms with E-state index in [4.69, 9.17) is 4.74 Å². The number of amidine groups is 1. The van der Waals surface area contributed by atoms with Gasteiger partial charge in [0.2, 0.25) is 0 Å². The largest absolute Gasteiger partial charge is 0.488 e. The van der Waals surface area contributed by atoms with Gasteiger partial charge in [0.15, 0.2) is 5.17 Å². The second-order valence-electron chi connectivity index (χ2n) is 7.87. The van der Waals surface area contributed by atoms with Crippen LogP contribution < -0.4 is 4.74 Å². The molecular weight excluding hydrogens is 528 g/mol. The van der Waals surface area contributed by atoms with E-state index in [1.54, 1.807) is 23.1 Å². The number of hydrogen-bond donors (Lipinski definition) is 1. The number of nitrogens with zero attached hydrogens (tertiary/aromatic N) is 2. The Labute approximate surface area is 216 Å². The number of aryl methyl sites for hydroxylation is 1. The van der Waals surface area contributed by atoms with Gasteiger partial charge in [-0.2, -0.15) is 0 Å². The molecule has 3 aromatic carbocycles. The Morgan fingerprint density at radius 1 is 1.14 bits per heavy atom. The summed E-state index contributed by atoms with van der Waals surface area (Å²) in [6.45, 7) is 4.77. The van der Waals surface area contributed by atoms with Crippen molar-refractivity contribution in [3.8, 4) is 5.75 Å². The number of likely N-dealkylation sites (N-methyl/N-ethyl adjacent to an activating group) is 1. The molecule has 0 aliphatic carbocycles. The van der Waals surface area contributed by atoms with Crippen LogP contribution >= 0.6 is 27.7 Å². The first-order chi connectivity index (χ1) is 16.8. The molecule has 1 amide bonds. The lowest BCUT2D eigenvalue weighted by atomic mass is 10.1. The predicted molar refractivity (Wildman–Crippen MR) is 143 cm³/mol. The average molecular weight is 551 g/mol. The third-order valence-electron chi connectivity index (χ3n) is 5.30. The zero-order valence-corrected chi connectivity index (χ0v) is 21.6. The van der Waals surface area contributed by atoms with Gasteiger partial charge >= 0.3 is 5.97 Å². The number of thioether (sulfide) groups is 1. The summed E-state index contributed by atoms with van der Waals surface area (Å²) in [5.74, 6) is -0.518. The monoisotopic (exact) mass is 550 g/mol. The number of ether oxygens (including phenoxy) is 1. The van der Waals surface area contributed by atoms with Gasteiger partial charge in [-0.15, -0.1) is 0 Å². The minimum atomic E-state index is -1.03. The average Bonchev–Trinajstić information content (AvgIpc) is 3.13. The lowest BCUT2D eigenvalue weighted by molar-refractivity contribution is -0.122. The van der Waals surface area contributed by atoms with Crippen molar-refractivity contribution in [1.29, 1.82) is 0 Å². The first kappa shape index (κ1) is 24.8. The molecule has 0 bridgehead atoms. The van der Waals surface area contributed by atoms with Crippen LogP contribution in [0.15, 0.2) is 81.1 Å². The number of rotatable bonds is 7. The summed E-state index contributed by atoms with van der Waals surface area (Å²) in [6, 6.07) is 20.2. The normalized spacial score (nSPS) is 15.7. The quantitative estimate of drug-likeness (QED) is 0.333. The summed E-state index contributed by atoms with van der Waals surface area (Å²) in [6.07, 6.45) is 1.81. The number of hydrogen-bond acceptors (Lipinski definition) is 5. The van der Waals surface area contributed by atoms with Crippen LogP contribution in [-0.4, -0.2) is 33.6 Å². The molecule has 0 atom stereocenters. The van der Waals surface area contributed by atoms with Gasteiger partial charge in [-0.05, 0) is 73.6 Å². The minimum absolute atomic E-state index is 0.143. The molecule has 1 saturated heterocycles. The summed E-state index contributed by atoms with van der Waals surface area (Å²) < 4.78 is 6.96. The fourth-order valence-electron chi connectivity index (χ4n) is 3.44. The Morgan fingerprint density at radius 3 is 2.63 bits per heavy atom. The van der Waals surface area contributed by atoms with Gasteiger partial charge in [0, 0.05) is 16.6 Å². The van der Waals surface area contributed by atoms with Crippen LogP contribution in [-0.2, 0) is 11.4 Å². The van der Waals surface area contributed by atoms with Crippen LogP contribution in [0.1, 0.15) is 34.0 Å². The van der Waals surface area contributed by atoms with E-state index >= 15 is 0 Å². The molecule has 0 unspecified atom stereocenters. The number of carbonyl (C=O) groups excluding carboxylic acids is 1. The van der Waals surface area contributed by atoms with Crippen molar-refractivity contribution >= 4 is 56.5 Å². The number of carboxylic acids is 1. The third-order valence-corrected chi connectivity index (χ3v) is 6.80. The van der Waals surface area contributed by atoms with E-state index in [0.29, 0.717) is 34.7 Å². The molecule has 8 heteroatoms. The second kappa shape index (κ2) is 10.9. The molecule has 1 heterocycles. The Hall–Kier alpha value is -3.36.